The highest BCUT2D eigenvalue weighted by molar-refractivity contribution is 5.97. The number of ether oxygens (including phenoxy) is 3. The molecule has 2 aliphatic heterocycles. The molecule has 2 N–H and O–H groups in total. The molecule has 208 valence electrons. The van der Waals surface area contributed by atoms with Crippen LogP contribution in [0.25, 0.3) is 16.8 Å². The van der Waals surface area contributed by atoms with E-state index >= 15 is 0 Å². The van der Waals surface area contributed by atoms with E-state index in [0.717, 1.165) is 106 Å². The summed E-state index contributed by atoms with van der Waals surface area (Å²) in [5.41, 5.74) is 4.24. The zero-order valence-corrected chi connectivity index (χ0v) is 22.7. The summed E-state index contributed by atoms with van der Waals surface area (Å²) in [5.74, 6) is 1.98. The lowest BCUT2D eigenvalue weighted by atomic mass is 10.0. The van der Waals surface area contributed by atoms with Crippen molar-refractivity contribution in [1.82, 2.24) is 24.8 Å². The maximum Gasteiger partial charge on any atom is 0.251 e. The summed E-state index contributed by atoms with van der Waals surface area (Å²) >= 11 is 0. The second-order valence-corrected chi connectivity index (χ2v) is 10.8. The Bertz CT molecular complexity index is 1290. The van der Waals surface area contributed by atoms with Crippen molar-refractivity contribution in [3.05, 3.63) is 41.6 Å². The molecule has 10 nitrogen and oxygen atoms in total. The molecule has 3 aromatic rings. The Labute approximate surface area is 229 Å². The van der Waals surface area contributed by atoms with E-state index < -0.39 is 0 Å². The number of carbonyl (C=O) groups excluding carboxylic acids is 1. The van der Waals surface area contributed by atoms with Gasteiger partial charge in [-0.25, -0.2) is 0 Å². The van der Waals surface area contributed by atoms with Crippen LogP contribution in [-0.4, -0.2) is 90.7 Å². The Morgan fingerprint density at radius 1 is 1.08 bits per heavy atom. The Hall–Kier alpha value is -3.21. The minimum atomic E-state index is -0.00454. The van der Waals surface area contributed by atoms with Gasteiger partial charge in [0.05, 0.1) is 19.4 Å². The number of nitrogens with zero attached hydrogens (tertiary/aromatic N) is 4. The zero-order chi connectivity index (χ0) is 26.6. The molecular formula is C29H38N6O4. The van der Waals surface area contributed by atoms with Crippen LogP contribution in [0.3, 0.4) is 0 Å². The fraction of sp³-hybridized carbons (Fsp3) is 0.552. The van der Waals surface area contributed by atoms with Crippen molar-refractivity contribution in [3.8, 4) is 17.0 Å². The second kappa shape index (κ2) is 11.9. The monoisotopic (exact) mass is 534 g/mol. The third kappa shape index (κ3) is 6.34. The van der Waals surface area contributed by atoms with Gasteiger partial charge in [0, 0.05) is 62.6 Å². The van der Waals surface area contributed by atoms with Crippen LogP contribution < -0.4 is 15.4 Å². The number of hydrogen-bond donors (Lipinski definition) is 2. The SMILES string of the molecule is Cc1cc(-c2cnn3c(NCC4CCOCC4)cc(OCCN4CCOCC4)nc23)ccc1C(=O)NC1CC1. The van der Waals surface area contributed by atoms with Crippen LogP contribution in [0.15, 0.2) is 30.5 Å². The fourth-order valence-electron chi connectivity index (χ4n) is 5.22. The van der Waals surface area contributed by atoms with E-state index in [1.54, 1.807) is 0 Å². The number of rotatable bonds is 10. The molecular weight excluding hydrogens is 496 g/mol. The standard InChI is InChI=1S/C29H38N6O4/c1-20-16-22(2-5-24(20)29(36)32-23-3-4-23)25-19-31-35-26(30-18-21-6-11-37-12-7-21)17-27(33-28(25)35)39-15-10-34-8-13-38-14-9-34/h2,5,16-17,19,21,23,30H,3-4,6-15,18H2,1H3,(H,32,36). The number of anilines is 1. The number of hydrogen-bond acceptors (Lipinski definition) is 8. The Morgan fingerprint density at radius 3 is 2.64 bits per heavy atom. The van der Waals surface area contributed by atoms with Gasteiger partial charge in [0.1, 0.15) is 12.4 Å². The molecule has 2 aromatic heterocycles. The van der Waals surface area contributed by atoms with Crippen molar-refractivity contribution in [2.75, 3.05) is 64.5 Å². The lowest BCUT2D eigenvalue weighted by Crippen LogP contribution is -2.38. The summed E-state index contributed by atoms with van der Waals surface area (Å²) in [4.78, 5) is 19.9. The highest BCUT2D eigenvalue weighted by Crippen LogP contribution is 2.30. The van der Waals surface area contributed by atoms with Gasteiger partial charge in [-0.2, -0.15) is 14.6 Å². The van der Waals surface area contributed by atoms with Gasteiger partial charge in [-0.15, -0.1) is 0 Å². The molecule has 6 rings (SSSR count). The predicted molar refractivity (Wildman–Crippen MR) is 148 cm³/mol. The predicted octanol–water partition coefficient (Wildman–Crippen LogP) is 3.15. The molecule has 2 saturated heterocycles. The minimum Gasteiger partial charge on any atom is -0.476 e. The second-order valence-electron chi connectivity index (χ2n) is 10.8. The highest BCUT2D eigenvalue weighted by atomic mass is 16.5. The number of aromatic nitrogens is 3. The summed E-state index contributed by atoms with van der Waals surface area (Å²) in [6.45, 7) is 9.21. The number of aryl methyl sites for hydroxylation is 1. The highest BCUT2D eigenvalue weighted by Gasteiger charge is 2.25. The average molecular weight is 535 g/mol. The van der Waals surface area contributed by atoms with Crippen LogP contribution in [-0.2, 0) is 9.47 Å². The van der Waals surface area contributed by atoms with Crippen molar-refractivity contribution in [2.45, 2.75) is 38.6 Å². The van der Waals surface area contributed by atoms with Crippen molar-refractivity contribution in [3.63, 3.8) is 0 Å². The molecule has 1 aromatic carbocycles. The van der Waals surface area contributed by atoms with Crippen LogP contribution in [0, 0.1) is 12.8 Å². The smallest absolute Gasteiger partial charge is 0.251 e. The molecule has 1 amide bonds. The number of nitrogens with one attached hydrogen (secondary N) is 2. The van der Waals surface area contributed by atoms with Gasteiger partial charge in [-0.1, -0.05) is 12.1 Å². The third-order valence-electron chi connectivity index (χ3n) is 7.82. The van der Waals surface area contributed by atoms with E-state index in [2.05, 4.69) is 15.5 Å². The number of amides is 1. The topological polar surface area (TPSA) is 102 Å². The van der Waals surface area contributed by atoms with Crippen molar-refractivity contribution in [2.24, 2.45) is 5.92 Å². The van der Waals surface area contributed by atoms with E-state index in [-0.39, 0.29) is 5.91 Å². The molecule has 0 spiro atoms. The summed E-state index contributed by atoms with van der Waals surface area (Å²) < 4.78 is 19.0. The van der Waals surface area contributed by atoms with Crippen LogP contribution in [0.2, 0.25) is 0 Å². The normalized spacial score (nSPS) is 18.8. The third-order valence-corrected chi connectivity index (χ3v) is 7.82. The number of benzene rings is 1. The average Bonchev–Trinajstić information content (AvgIpc) is 3.67. The maximum absolute atomic E-state index is 12.6. The summed E-state index contributed by atoms with van der Waals surface area (Å²) in [6.07, 6.45) is 6.08. The van der Waals surface area contributed by atoms with Gasteiger partial charge in [-0.05, 0) is 55.7 Å². The Kier molecular flexibility index (Phi) is 7.94. The number of morpholine rings is 1. The molecule has 39 heavy (non-hydrogen) atoms. The van der Waals surface area contributed by atoms with Gasteiger partial charge in [0.15, 0.2) is 5.65 Å². The van der Waals surface area contributed by atoms with Crippen molar-refractivity contribution < 1.29 is 19.0 Å². The zero-order valence-electron chi connectivity index (χ0n) is 22.7. The minimum absolute atomic E-state index is 0.00454. The van der Waals surface area contributed by atoms with E-state index in [1.807, 2.05) is 41.9 Å². The first-order valence-corrected chi connectivity index (χ1v) is 14.2. The molecule has 3 aliphatic rings. The lowest BCUT2D eigenvalue weighted by molar-refractivity contribution is 0.0320. The maximum atomic E-state index is 12.6. The van der Waals surface area contributed by atoms with Crippen LogP contribution in [0.1, 0.15) is 41.6 Å². The van der Waals surface area contributed by atoms with Crippen molar-refractivity contribution in [1.29, 1.82) is 0 Å². The molecule has 10 heteroatoms. The fourth-order valence-corrected chi connectivity index (χ4v) is 5.22. The van der Waals surface area contributed by atoms with Gasteiger partial charge < -0.3 is 24.8 Å². The van der Waals surface area contributed by atoms with Crippen LogP contribution in [0.5, 0.6) is 5.88 Å². The first kappa shape index (κ1) is 26.0. The van der Waals surface area contributed by atoms with Crippen molar-refractivity contribution >= 4 is 17.4 Å². The molecule has 0 unspecified atom stereocenters. The number of carbonyl (C=O) groups is 1. The molecule has 0 atom stereocenters. The molecule has 0 bridgehead atoms. The summed E-state index contributed by atoms with van der Waals surface area (Å²) in [6, 6.07) is 8.20. The van der Waals surface area contributed by atoms with E-state index in [9.17, 15) is 4.79 Å². The molecule has 1 aliphatic carbocycles. The quantitative estimate of drug-likeness (QED) is 0.409. The van der Waals surface area contributed by atoms with Gasteiger partial charge in [0.25, 0.3) is 5.91 Å². The van der Waals surface area contributed by atoms with Crippen LogP contribution in [0.4, 0.5) is 5.82 Å². The summed E-state index contributed by atoms with van der Waals surface area (Å²) in [5, 5.41) is 11.4. The first-order valence-electron chi connectivity index (χ1n) is 14.2. The Morgan fingerprint density at radius 2 is 1.87 bits per heavy atom. The molecule has 3 fully saturated rings. The van der Waals surface area contributed by atoms with E-state index in [4.69, 9.17) is 24.3 Å². The summed E-state index contributed by atoms with van der Waals surface area (Å²) in [7, 11) is 0. The lowest BCUT2D eigenvalue weighted by Gasteiger charge is -2.26. The van der Waals surface area contributed by atoms with E-state index in [1.165, 1.54) is 0 Å². The van der Waals surface area contributed by atoms with Gasteiger partial charge >= 0.3 is 0 Å². The molecule has 0 radical (unpaired) electrons. The molecule has 1 saturated carbocycles. The van der Waals surface area contributed by atoms with Gasteiger partial charge in [-0.3, -0.25) is 9.69 Å². The number of fused-ring (bicyclic) bond motifs is 1. The first-order chi connectivity index (χ1) is 19.1. The largest absolute Gasteiger partial charge is 0.476 e. The van der Waals surface area contributed by atoms with E-state index in [0.29, 0.717) is 30.0 Å². The molecule has 4 heterocycles. The Balaban J connectivity index is 1.25. The van der Waals surface area contributed by atoms with Gasteiger partial charge in [0.2, 0.25) is 5.88 Å². The van der Waals surface area contributed by atoms with Crippen LogP contribution >= 0.6 is 0 Å².